The van der Waals surface area contributed by atoms with Gasteiger partial charge in [0, 0.05) is 18.0 Å². The molecule has 1 aliphatic rings. The molecule has 1 amide bonds. The molecule has 1 fully saturated rings. The van der Waals surface area contributed by atoms with Gasteiger partial charge in [-0.15, -0.1) is 0 Å². The van der Waals surface area contributed by atoms with E-state index in [-0.39, 0.29) is 17.2 Å². The number of carbonyl (C=O) groups excluding carboxylic acids is 1. The lowest BCUT2D eigenvalue weighted by Gasteiger charge is -2.34. The number of likely N-dealkylation sites (N-methyl/N-ethyl adjacent to an activating group) is 1. The normalized spacial score (nSPS) is 18.9. The van der Waals surface area contributed by atoms with Crippen molar-refractivity contribution in [2.24, 2.45) is 0 Å². The van der Waals surface area contributed by atoms with Gasteiger partial charge in [-0.25, -0.2) is 5.10 Å². The molecule has 0 unspecified atom stereocenters. The number of hydrogen-bond acceptors (Lipinski definition) is 4. The van der Waals surface area contributed by atoms with Gasteiger partial charge in [0.25, 0.3) is 11.5 Å². The van der Waals surface area contributed by atoms with Gasteiger partial charge in [0.1, 0.15) is 0 Å². The summed E-state index contributed by atoms with van der Waals surface area (Å²) >= 11 is 0. The first kappa shape index (κ1) is 15.7. The quantitative estimate of drug-likeness (QED) is 0.897. The SMILES string of the molecule is CCN1CCCC[C@H]1CNC(=O)c1n[nH]c(=O)c2ccccc12. The molecule has 0 spiro atoms. The Kier molecular flexibility index (Phi) is 4.71. The van der Waals surface area contributed by atoms with E-state index < -0.39 is 0 Å². The number of rotatable bonds is 4. The summed E-state index contributed by atoms with van der Waals surface area (Å²) in [6, 6.07) is 7.42. The predicted molar refractivity (Wildman–Crippen MR) is 89.6 cm³/mol. The highest BCUT2D eigenvalue weighted by molar-refractivity contribution is 6.04. The van der Waals surface area contributed by atoms with Gasteiger partial charge in [0.15, 0.2) is 5.69 Å². The fourth-order valence-electron chi connectivity index (χ4n) is 3.29. The molecule has 1 aromatic carbocycles. The summed E-state index contributed by atoms with van der Waals surface area (Å²) in [5.74, 6) is -0.237. The average Bonchev–Trinajstić information content (AvgIpc) is 2.60. The van der Waals surface area contributed by atoms with Gasteiger partial charge >= 0.3 is 0 Å². The summed E-state index contributed by atoms with van der Waals surface area (Å²) < 4.78 is 0. The van der Waals surface area contributed by atoms with Crippen LogP contribution in [0.1, 0.15) is 36.7 Å². The average molecular weight is 314 g/mol. The van der Waals surface area contributed by atoms with Crippen molar-refractivity contribution in [1.82, 2.24) is 20.4 Å². The van der Waals surface area contributed by atoms with E-state index in [1.165, 1.54) is 12.8 Å². The molecule has 122 valence electrons. The van der Waals surface area contributed by atoms with Gasteiger partial charge in [-0.2, -0.15) is 5.10 Å². The van der Waals surface area contributed by atoms with Crippen molar-refractivity contribution >= 4 is 16.7 Å². The zero-order valence-corrected chi connectivity index (χ0v) is 13.3. The van der Waals surface area contributed by atoms with Crippen molar-refractivity contribution in [1.29, 1.82) is 0 Å². The Labute approximate surface area is 134 Å². The lowest BCUT2D eigenvalue weighted by Crippen LogP contribution is -2.46. The van der Waals surface area contributed by atoms with Crippen molar-refractivity contribution in [2.45, 2.75) is 32.2 Å². The molecule has 1 saturated heterocycles. The number of amides is 1. The third-order valence-electron chi connectivity index (χ3n) is 4.56. The third-order valence-corrected chi connectivity index (χ3v) is 4.56. The Morgan fingerprint density at radius 2 is 2.13 bits per heavy atom. The molecule has 0 saturated carbocycles. The number of aromatic amines is 1. The highest BCUT2D eigenvalue weighted by Gasteiger charge is 2.22. The first-order chi connectivity index (χ1) is 11.2. The molecule has 1 aromatic heterocycles. The molecule has 6 heteroatoms. The zero-order valence-electron chi connectivity index (χ0n) is 13.3. The number of nitrogens with zero attached hydrogens (tertiary/aromatic N) is 2. The van der Waals surface area contributed by atoms with Crippen LogP contribution in [0, 0.1) is 0 Å². The summed E-state index contributed by atoms with van der Waals surface area (Å²) in [6.45, 7) is 4.86. The Hall–Kier alpha value is -2.21. The van der Waals surface area contributed by atoms with Crippen LogP contribution >= 0.6 is 0 Å². The lowest BCUT2D eigenvalue weighted by atomic mass is 10.0. The summed E-state index contributed by atoms with van der Waals surface area (Å²) in [4.78, 5) is 26.7. The van der Waals surface area contributed by atoms with Crippen molar-refractivity contribution in [2.75, 3.05) is 19.6 Å². The molecule has 0 aliphatic carbocycles. The maximum atomic E-state index is 12.5. The van der Waals surface area contributed by atoms with Gasteiger partial charge in [-0.1, -0.05) is 31.5 Å². The largest absolute Gasteiger partial charge is 0.349 e. The van der Waals surface area contributed by atoms with Crippen LogP contribution in [0.3, 0.4) is 0 Å². The second-order valence-corrected chi connectivity index (χ2v) is 5.94. The molecule has 2 heterocycles. The third kappa shape index (κ3) is 3.27. The first-order valence-electron chi connectivity index (χ1n) is 8.20. The number of likely N-dealkylation sites (tertiary alicyclic amines) is 1. The minimum atomic E-state index is -0.276. The number of piperidine rings is 1. The highest BCUT2D eigenvalue weighted by Crippen LogP contribution is 2.16. The molecule has 3 rings (SSSR count). The molecule has 0 bridgehead atoms. The molecule has 6 nitrogen and oxygen atoms in total. The van der Waals surface area contributed by atoms with Gasteiger partial charge in [0.05, 0.1) is 5.39 Å². The van der Waals surface area contributed by atoms with Gasteiger partial charge in [-0.3, -0.25) is 14.5 Å². The van der Waals surface area contributed by atoms with Crippen LogP contribution in [0.4, 0.5) is 0 Å². The summed E-state index contributed by atoms with van der Waals surface area (Å²) in [5.41, 5.74) is 0.000599. The van der Waals surface area contributed by atoms with E-state index in [4.69, 9.17) is 0 Å². The number of benzene rings is 1. The van der Waals surface area contributed by atoms with Crippen LogP contribution in [0.2, 0.25) is 0 Å². The van der Waals surface area contributed by atoms with Gasteiger partial charge in [0.2, 0.25) is 0 Å². The molecular formula is C17H22N4O2. The van der Waals surface area contributed by atoms with E-state index in [9.17, 15) is 9.59 Å². The van der Waals surface area contributed by atoms with E-state index in [2.05, 4.69) is 27.3 Å². The van der Waals surface area contributed by atoms with Gasteiger partial charge < -0.3 is 5.32 Å². The van der Waals surface area contributed by atoms with Crippen molar-refractivity contribution in [3.8, 4) is 0 Å². The van der Waals surface area contributed by atoms with E-state index in [1.54, 1.807) is 24.3 Å². The molecule has 1 aliphatic heterocycles. The van der Waals surface area contributed by atoms with E-state index in [0.717, 1.165) is 19.5 Å². The smallest absolute Gasteiger partial charge is 0.272 e. The van der Waals surface area contributed by atoms with Crippen molar-refractivity contribution in [3.05, 3.63) is 40.3 Å². The fraction of sp³-hybridized carbons (Fsp3) is 0.471. The number of H-pyrrole nitrogens is 1. The topological polar surface area (TPSA) is 78.1 Å². The minimum Gasteiger partial charge on any atom is -0.349 e. The van der Waals surface area contributed by atoms with E-state index in [1.807, 2.05) is 0 Å². The summed E-state index contributed by atoms with van der Waals surface area (Å²) in [7, 11) is 0. The Morgan fingerprint density at radius 1 is 1.35 bits per heavy atom. The van der Waals surface area contributed by atoms with Crippen LogP contribution in [0.15, 0.2) is 29.1 Å². The van der Waals surface area contributed by atoms with Crippen LogP contribution in [0.5, 0.6) is 0 Å². The molecule has 0 radical (unpaired) electrons. The monoisotopic (exact) mass is 314 g/mol. The maximum absolute atomic E-state index is 12.5. The van der Waals surface area contributed by atoms with Crippen LogP contribution in [0.25, 0.3) is 10.8 Å². The first-order valence-corrected chi connectivity index (χ1v) is 8.20. The second-order valence-electron chi connectivity index (χ2n) is 5.94. The number of nitrogens with one attached hydrogen (secondary N) is 2. The van der Waals surface area contributed by atoms with Crippen LogP contribution < -0.4 is 10.9 Å². The number of carbonyl (C=O) groups is 1. The molecule has 23 heavy (non-hydrogen) atoms. The molecule has 2 N–H and O–H groups in total. The van der Waals surface area contributed by atoms with Gasteiger partial charge in [-0.05, 0) is 32.0 Å². The van der Waals surface area contributed by atoms with E-state index >= 15 is 0 Å². The fourth-order valence-corrected chi connectivity index (χ4v) is 3.29. The zero-order chi connectivity index (χ0) is 16.2. The summed E-state index contributed by atoms with van der Waals surface area (Å²) in [6.07, 6.45) is 3.54. The van der Waals surface area contributed by atoms with Crippen molar-refractivity contribution in [3.63, 3.8) is 0 Å². The van der Waals surface area contributed by atoms with Crippen LogP contribution in [-0.2, 0) is 0 Å². The Bertz CT molecular complexity index is 756. The maximum Gasteiger partial charge on any atom is 0.272 e. The van der Waals surface area contributed by atoms with E-state index in [0.29, 0.717) is 23.4 Å². The molecule has 2 aromatic rings. The number of fused-ring (bicyclic) bond motifs is 1. The second kappa shape index (κ2) is 6.91. The Morgan fingerprint density at radius 3 is 2.91 bits per heavy atom. The Balaban J connectivity index is 1.76. The summed E-state index contributed by atoms with van der Waals surface area (Å²) in [5, 5.41) is 10.4. The molecule has 1 atom stereocenters. The lowest BCUT2D eigenvalue weighted by molar-refractivity contribution is 0.0914. The number of hydrogen-bond donors (Lipinski definition) is 2. The predicted octanol–water partition coefficient (Wildman–Crippen LogP) is 1.53. The standard InChI is InChI=1S/C17H22N4O2/c1-2-21-10-6-5-7-12(21)11-18-17(23)15-13-8-3-4-9-14(13)16(22)20-19-15/h3-4,8-9,12H,2,5-7,10-11H2,1H3,(H,18,23)(H,20,22)/t12-/m0/s1. The highest BCUT2D eigenvalue weighted by atomic mass is 16.2. The van der Waals surface area contributed by atoms with Crippen LogP contribution in [-0.4, -0.2) is 46.7 Å². The number of aromatic nitrogens is 2. The van der Waals surface area contributed by atoms with Crippen molar-refractivity contribution < 1.29 is 4.79 Å². The minimum absolute atomic E-state index is 0.237. The molecular weight excluding hydrogens is 292 g/mol.